The van der Waals surface area contributed by atoms with Crippen molar-refractivity contribution in [1.82, 2.24) is 0 Å². The van der Waals surface area contributed by atoms with E-state index in [9.17, 15) is 0 Å². The third-order valence-electron chi connectivity index (χ3n) is 3.75. The van der Waals surface area contributed by atoms with Crippen molar-refractivity contribution in [2.24, 2.45) is 11.3 Å². The molecule has 0 bridgehead atoms. The van der Waals surface area contributed by atoms with Gasteiger partial charge in [0.2, 0.25) is 0 Å². The van der Waals surface area contributed by atoms with E-state index in [1.807, 2.05) is 13.8 Å². The minimum atomic E-state index is 0.673. The third kappa shape index (κ3) is 2.53. The van der Waals surface area contributed by atoms with Crippen molar-refractivity contribution in [1.29, 1.82) is 0 Å². The molecule has 2 aliphatic carbocycles. The predicted octanol–water partition coefficient (Wildman–Crippen LogP) is 4.40. The lowest BCUT2D eigenvalue weighted by Gasteiger charge is -2.28. The van der Waals surface area contributed by atoms with Crippen LogP contribution < -0.4 is 0 Å². The minimum Gasteiger partial charge on any atom is -0.103 e. The zero-order chi connectivity index (χ0) is 10.4. The molecular weight excluding hydrogens is 168 g/mol. The first kappa shape index (κ1) is 11.6. The van der Waals surface area contributed by atoms with E-state index < -0.39 is 0 Å². The van der Waals surface area contributed by atoms with E-state index >= 15 is 0 Å². The summed E-state index contributed by atoms with van der Waals surface area (Å²) in [5.74, 6) is 7.55. The van der Waals surface area contributed by atoms with Gasteiger partial charge in [-0.2, -0.15) is 0 Å². The fourth-order valence-electron chi connectivity index (χ4n) is 2.82. The molecule has 0 radical (unpaired) electrons. The molecule has 0 saturated heterocycles. The van der Waals surface area contributed by atoms with E-state index in [1.54, 1.807) is 0 Å². The first-order valence-corrected chi connectivity index (χ1v) is 6.30. The Kier molecular flexibility index (Phi) is 4.52. The standard InChI is InChI=1S/C12H18.C2H6/c1-2-11-6-9-12(10-11)7-4-3-5-8-12;1-2/h11H,2,4,6-10H2,1H3;1-2H3. The maximum Gasteiger partial charge on any atom is 0.0146 e. The molecule has 14 heavy (non-hydrogen) atoms. The molecule has 0 nitrogen and oxygen atoms in total. The van der Waals surface area contributed by atoms with E-state index in [-0.39, 0.29) is 0 Å². The van der Waals surface area contributed by atoms with Gasteiger partial charge in [0, 0.05) is 12.8 Å². The molecule has 0 aromatic heterocycles. The molecule has 0 heteroatoms. The van der Waals surface area contributed by atoms with E-state index in [0.717, 1.165) is 12.3 Å². The average molecular weight is 192 g/mol. The Morgan fingerprint density at radius 3 is 2.50 bits per heavy atom. The lowest BCUT2D eigenvalue weighted by Crippen LogP contribution is -2.18. The summed E-state index contributed by atoms with van der Waals surface area (Å²) < 4.78 is 0. The van der Waals surface area contributed by atoms with Crippen LogP contribution in [0.1, 0.15) is 65.7 Å². The molecule has 2 unspecified atom stereocenters. The topological polar surface area (TPSA) is 0 Å². The van der Waals surface area contributed by atoms with E-state index in [4.69, 9.17) is 0 Å². The van der Waals surface area contributed by atoms with E-state index in [2.05, 4.69) is 18.8 Å². The van der Waals surface area contributed by atoms with Gasteiger partial charge in [0.25, 0.3) is 0 Å². The molecule has 1 fully saturated rings. The van der Waals surface area contributed by atoms with Crippen LogP contribution in [0.3, 0.4) is 0 Å². The molecule has 2 atom stereocenters. The van der Waals surface area contributed by atoms with E-state index in [1.165, 1.54) is 38.5 Å². The Morgan fingerprint density at radius 2 is 2.00 bits per heavy atom. The Bertz CT molecular complexity index is 218. The van der Waals surface area contributed by atoms with Gasteiger partial charge in [-0.3, -0.25) is 0 Å². The van der Waals surface area contributed by atoms with Gasteiger partial charge in [-0.05, 0) is 37.0 Å². The van der Waals surface area contributed by atoms with Crippen molar-refractivity contribution >= 4 is 0 Å². The zero-order valence-electron chi connectivity index (χ0n) is 10.0. The highest BCUT2D eigenvalue weighted by Gasteiger charge is 2.37. The van der Waals surface area contributed by atoms with Gasteiger partial charge in [0.1, 0.15) is 0 Å². The molecule has 0 N–H and O–H groups in total. The highest BCUT2D eigenvalue weighted by Crippen LogP contribution is 2.49. The average Bonchev–Trinajstić information content (AvgIpc) is 2.66. The lowest BCUT2D eigenvalue weighted by atomic mass is 9.76. The molecule has 0 aliphatic heterocycles. The first-order chi connectivity index (χ1) is 6.85. The summed E-state index contributed by atoms with van der Waals surface area (Å²) in [7, 11) is 0. The van der Waals surface area contributed by atoms with Gasteiger partial charge >= 0.3 is 0 Å². The SMILES string of the molecule is CC.CCC1CCC2(CC#CCC2)C1. The molecule has 0 amide bonds. The van der Waals surface area contributed by atoms with Crippen LogP contribution in [0.4, 0.5) is 0 Å². The van der Waals surface area contributed by atoms with Crippen LogP contribution in [0.2, 0.25) is 0 Å². The summed E-state index contributed by atoms with van der Waals surface area (Å²) in [6.07, 6.45) is 9.53. The molecule has 80 valence electrons. The minimum absolute atomic E-state index is 0.673. The molecule has 0 aromatic carbocycles. The van der Waals surface area contributed by atoms with Crippen molar-refractivity contribution in [2.45, 2.75) is 65.7 Å². The van der Waals surface area contributed by atoms with Gasteiger partial charge < -0.3 is 0 Å². The Morgan fingerprint density at radius 1 is 1.21 bits per heavy atom. The van der Waals surface area contributed by atoms with Crippen molar-refractivity contribution < 1.29 is 0 Å². The van der Waals surface area contributed by atoms with Crippen molar-refractivity contribution in [2.75, 3.05) is 0 Å². The second kappa shape index (κ2) is 5.44. The third-order valence-corrected chi connectivity index (χ3v) is 3.75. The molecule has 2 rings (SSSR count). The van der Waals surface area contributed by atoms with Gasteiger partial charge in [-0.1, -0.05) is 27.2 Å². The monoisotopic (exact) mass is 192 g/mol. The van der Waals surface area contributed by atoms with Gasteiger partial charge in [0.05, 0.1) is 0 Å². The van der Waals surface area contributed by atoms with E-state index in [0.29, 0.717) is 5.41 Å². The number of hydrogen-bond acceptors (Lipinski definition) is 0. The second-order valence-corrected chi connectivity index (χ2v) is 4.55. The summed E-state index contributed by atoms with van der Waals surface area (Å²) in [5, 5.41) is 0. The van der Waals surface area contributed by atoms with Crippen LogP contribution in [0.25, 0.3) is 0 Å². The maximum absolute atomic E-state index is 3.31. The molecule has 2 aliphatic rings. The van der Waals surface area contributed by atoms with Crippen LogP contribution in [0.15, 0.2) is 0 Å². The second-order valence-electron chi connectivity index (χ2n) is 4.55. The summed E-state index contributed by atoms with van der Waals surface area (Å²) in [4.78, 5) is 0. The highest BCUT2D eigenvalue weighted by molar-refractivity contribution is 5.10. The Hall–Kier alpha value is -0.440. The van der Waals surface area contributed by atoms with Crippen molar-refractivity contribution in [3.05, 3.63) is 0 Å². The van der Waals surface area contributed by atoms with Crippen LogP contribution >= 0.6 is 0 Å². The molecular formula is C14H24. The van der Waals surface area contributed by atoms with Gasteiger partial charge in [-0.15, -0.1) is 11.8 Å². The zero-order valence-corrected chi connectivity index (χ0v) is 10.0. The lowest BCUT2D eigenvalue weighted by molar-refractivity contribution is 0.264. The van der Waals surface area contributed by atoms with Crippen LogP contribution in [-0.2, 0) is 0 Å². The Labute approximate surface area is 89.5 Å². The molecule has 0 aromatic rings. The predicted molar refractivity (Wildman–Crippen MR) is 63.0 cm³/mol. The number of hydrogen-bond donors (Lipinski definition) is 0. The number of rotatable bonds is 1. The molecule has 1 spiro atoms. The normalized spacial score (nSPS) is 34.4. The summed E-state index contributed by atoms with van der Waals surface area (Å²) in [6, 6.07) is 0. The van der Waals surface area contributed by atoms with Crippen molar-refractivity contribution in [3.63, 3.8) is 0 Å². The van der Waals surface area contributed by atoms with Crippen LogP contribution in [-0.4, -0.2) is 0 Å². The maximum atomic E-state index is 3.31. The summed E-state index contributed by atoms with van der Waals surface area (Å²) in [6.45, 7) is 6.33. The molecule has 0 heterocycles. The summed E-state index contributed by atoms with van der Waals surface area (Å²) >= 11 is 0. The summed E-state index contributed by atoms with van der Waals surface area (Å²) in [5.41, 5.74) is 0.673. The van der Waals surface area contributed by atoms with Crippen LogP contribution in [0, 0.1) is 23.2 Å². The largest absolute Gasteiger partial charge is 0.103 e. The molecule has 1 saturated carbocycles. The quantitative estimate of drug-likeness (QED) is 0.540. The van der Waals surface area contributed by atoms with Gasteiger partial charge in [-0.25, -0.2) is 0 Å². The fourth-order valence-corrected chi connectivity index (χ4v) is 2.82. The van der Waals surface area contributed by atoms with Crippen molar-refractivity contribution in [3.8, 4) is 11.8 Å². The Balaban J connectivity index is 0.000000461. The fraction of sp³-hybridized carbons (Fsp3) is 0.857. The smallest absolute Gasteiger partial charge is 0.0146 e. The first-order valence-electron chi connectivity index (χ1n) is 6.30. The highest BCUT2D eigenvalue weighted by atomic mass is 14.4. The van der Waals surface area contributed by atoms with Crippen LogP contribution in [0.5, 0.6) is 0 Å². The van der Waals surface area contributed by atoms with Gasteiger partial charge in [0.15, 0.2) is 0 Å².